The van der Waals surface area contributed by atoms with E-state index in [0.717, 1.165) is 6.08 Å². The summed E-state index contributed by atoms with van der Waals surface area (Å²) in [6.07, 6.45) is 0.0413. The van der Waals surface area contributed by atoms with E-state index in [2.05, 4.69) is 0 Å². The van der Waals surface area contributed by atoms with E-state index < -0.39 is 29.3 Å². The fourth-order valence-corrected chi connectivity index (χ4v) is 1.91. The van der Waals surface area contributed by atoms with Gasteiger partial charge < -0.3 is 0 Å². The normalized spacial score (nSPS) is 19.7. The average molecular weight is 296 g/mol. The van der Waals surface area contributed by atoms with Crippen LogP contribution in [0.4, 0.5) is 17.6 Å². The lowest BCUT2D eigenvalue weighted by molar-refractivity contribution is -0.118. The lowest BCUT2D eigenvalue weighted by atomic mass is 9.88. The fraction of sp³-hybridized carbons (Fsp3) is 0.188. The van der Waals surface area contributed by atoms with Crippen molar-refractivity contribution >= 4 is 11.9 Å². The van der Waals surface area contributed by atoms with Gasteiger partial charge in [0.25, 0.3) is 0 Å². The van der Waals surface area contributed by atoms with Crippen LogP contribution in [0.5, 0.6) is 0 Å². The van der Waals surface area contributed by atoms with Gasteiger partial charge in [-0.25, -0.2) is 4.39 Å². The van der Waals surface area contributed by atoms with Gasteiger partial charge in [0.05, 0.1) is 5.57 Å². The molecule has 0 fully saturated rings. The zero-order valence-electron chi connectivity index (χ0n) is 11.1. The molecule has 0 amide bonds. The van der Waals surface area contributed by atoms with Crippen molar-refractivity contribution in [2.45, 2.75) is 13.1 Å². The quantitative estimate of drug-likeness (QED) is 0.736. The Balaban J connectivity index is 2.29. The molecule has 0 heterocycles. The van der Waals surface area contributed by atoms with E-state index in [9.17, 15) is 22.4 Å². The minimum Gasteiger partial charge on any atom is -0.294 e. The van der Waals surface area contributed by atoms with Gasteiger partial charge in [-0.1, -0.05) is 31.2 Å². The van der Waals surface area contributed by atoms with Crippen molar-refractivity contribution in [1.29, 1.82) is 0 Å². The summed E-state index contributed by atoms with van der Waals surface area (Å²) in [6, 6.07) is 5.51. The molecule has 21 heavy (non-hydrogen) atoms. The maximum Gasteiger partial charge on any atom is 0.416 e. The first-order valence-electron chi connectivity index (χ1n) is 6.25. The molecule has 0 spiro atoms. The van der Waals surface area contributed by atoms with Crippen LogP contribution in [0.2, 0.25) is 0 Å². The molecule has 0 bridgehead atoms. The highest BCUT2D eigenvalue weighted by atomic mass is 19.4. The molecule has 0 aliphatic heterocycles. The van der Waals surface area contributed by atoms with Gasteiger partial charge in [-0.15, -0.1) is 0 Å². The fourth-order valence-electron chi connectivity index (χ4n) is 1.91. The summed E-state index contributed by atoms with van der Waals surface area (Å²) in [6.45, 7) is 1.55. The number of carbonyl (C=O) groups is 1. The second-order valence-corrected chi connectivity index (χ2v) is 4.75. The van der Waals surface area contributed by atoms with Gasteiger partial charge in [-0.3, -0.25) is 4.79 Å². The first kappa shape index (κ1) is 15.2. The second-order valence-electron chi connectivity index (χ2n) is 4.75. The highest BCUT2D eigenvalue weighted by molar-refractivity contribution is 5.97. The molecule has 0 saturated carbocycles. The van der Waals surface area contributed by atoms with Crippen molar-refractivity contribution in [3.05, 3.63) is 65.0 Å². The highest BCUT2D eigenvalue weighted by Crippen LogP contribution is 2.33. The molecule has 1 aliphatic rings. The Hall–Kier alpha value is -2.17. The van der Waals surface area contributed by atoms with E-state index in [4.69, 9.17) is 0 Å². The van der Waals surface area contributed by atoms with Crippen LogP contribution in [-0.4, -0.2) is 12.0 Å². The molecule has 110 valence electrons. The number of rotatable bonds is 2. The number of halogens is 4. The lowest BCUT2D eigenvalue weighted by Crippen LogP contribution is -2.21. The smallest absolute Gasteiger partial charge is 0.294 e. The van der Waals surface area contributed by atoms with Crippen molar-refractivity contribution in [3.63, 3.8) is 0 Å². The van der Waals surface area contributed by atoms with Gasteiger partial charge in [-0.05, 0) is 35.4 Å². The minimum atomic E-state index is -4.55. The van der Waals surface area contributed by atoms with Crippen LogP contribution in [0.3, 0.4) is 0 Å². The van der Waals surface area contributed by atoms with Crippen molar-refractivity contribution in [2.24, 2.45) is 5.92 Å². The topological polar surface area (TPSA) is 17.1 Å². The number of hydrogen-bond donors (Lipinski definition) is 0. The molecular weight excluding hydrogens is 284 g/mol. The number of benzene rings is 1. The molecule has 1 aromatic rings. The van der Waals surface area contributed by atoms with Crippen molar-refractivity contribution in [3.8, 4) is 0 Å². The first-order valence-corrected chi connectivity index (χ1v) is 6.25. The van der Waals surface area contributed by atoms with Crippen LogP contribution in [0.1, 0.15) is 12.5 Å². The highest BCUT2D eigenvalue weighted by Gasteiger charge is 2.36. The van der Waals surface area contributed by atoms with Crippen molar-refractivity contribution in [2.75, 3.05) is 0 Å². The molecule has 1 aromatic carbocycles. The molecule has 2 rings (SSSR count). The van der Waals surface area contributed by atoms with Crippen LogP contribution >= 0.6 is 0 Å². The number of alkyl halides is 3. The maximum atomic E-state index is 12.8. The third-order valence-corrected chi connectivity index (χ3v) is 3.21. The van der Waals surface area contributed by atoms with E-state index in [-0.39, 0.29) is 5.57 Å². The maximum absolute atomic E-state index is 12.8. The van der Waals surface area contributed by atoms with Crippen LogP contribution < -0.4 is 0 Å². The Bertz CT molecular complexity index is 633. The second kappa shape index (κ2) is 5.68. The summed E-state index contributed by atoms with van der Waals surface area (Å²) in [7, 11) is 0. The third kappa shape index (κ3) is 3.68. The van der Waals surface area contributed by atoms with E-state index >= 15 is 0 Å². The van der Waals surface area contributed by atoms with E-state index in [0.29, 0.717) is 11.6 Å². The predicted octanol–water partition coefficient (Wildman–Crippen LogP) is 4.47. The molecule has 0 saturated heterocycles. The summed E-state index contributed by atoms with van der Waals surface area (Å²) in [5.41, 5.74) is -0.0384. The van der Waals surface area contributed by atoms with Crippen LogP contribution in [0.15, 0.2) is 53.6 Å². The molecule has 1 nitrogen and oxygen atoms in total. The van der Waals surface area contributed by atoms with Gasteiger partial charge >= 0.3 is 6.18 Å². The number of ketones is 1. The Morgan fingerprint density at radius 2 is 1.67 bits per heavy atom. The summed E-state index contributed by atoms with van der Waals surface area (Å²) in [5, 5.41) is 0. The first-order chi connectivity index (χ1) is 9.77. The zero-order chi connectivity index (χ0) is 15.6. The molecule has 1 aliphatic carbocycles. The summed E-state index contributed by atoms with van der Waals surface area (Å²) in [4.78, 5) is 11.6. The Morgan fingerprint density at radius 3 is 2.24 bits per heavy atom. The summed E-state index contributed by atoms with van der Waals surface area (Å²) in [5.74, 6) is -1.61. The molecule has 0 radical (unpaired) electrons. The SMILES string of the molecule is CC1C(=O)C=C(C(F)(F)F)C=C1/C=C/c1ccc(F)cc1. The molecule has 0 N–H and O–H groups in total. The van der Waals surface area contributed by atoms with Crippen LogP contribution in [-0.2, 0) is 4.79 Å². The van der Waals surface area contributed by atoms with Crippen molar-refractivity contribution in [1.82, 2.24) is 0 Å². The zero-order valence-corrected chi connectivity index (χ0v) is 11.1. The van der Waals surface area contributed by atoms with Gasteiger partial charge in [0.1, 0.15) is 5.82 Å². The minimum absolute atomic E-state index is 0.277. The third-order valence-electron chi connectivity index (χ3n) is 3.21. The number of allylic oxidation sites excluding steroid dienone is 5. The van der Waals surface area contributed by atoms with Gasteiger partial charge in [0, 0.05) is 5.92 Å². The molecular formula is C16H12F4O. The van der Waals surface area contributed by atoms with E-state index in [1.54, 1.807) is 13.0 Å². The van der Waals surface area contributed by atoms with Crippen LogP contribution in [0.25, 0.3) is 6.08 Å². The van der Waals surface area contributed by atoms with Gasteiger partial charge in [-0.2, -0.15) is 13.2 Å². The molecule has 5 heteroatoms. The van der Waals surface area contributed by atoms with E-state index in [1.807, 2.05) is 0 Å². The monoisotopic (exact) mass is 296 g/mol. The summed E-state index contributed by atoms with van der Waals surface area (Å²) >= 11 is 0. The standard InChI is InChI=1S/C16H12F4O/c1-10-12(5-2-11-3-6-14(17)7-4-11)8-13(9-15(10)21)16(18,19)20/h2-10H,1H3/b5-2+. The Labute approximate surface area is 119 Å². The van der Waals surface area contributed by atoms with Crippen molar-refractivity contribution < 1.29 is 22.4 Å². The Morgan fingerprint density at radius 1 is 1.05 bits per heavy atom. The summed E-state index contributed by atoms with van der Waals surface area (Å²) < 4.78 is 50.8. The lowest BCUT2D eigenvalue weighted by Gasteiger charge is -2.18. The molecule has 1 atom stereocenters. The average Bonchev–Trinajstić information content (AvgIpc) is 2.41. The van der Waals surface area contributed by atoms with E-state index in [1.165, 1.54) is 30.3 Å². The number of carbonyl (C=O) groups excluding carboxylic acids is 1. The van der Waals surface area contributed by atoms with Gasteiger partial charge in [0.2, 0.25) is 0 Å². The molecule has 1 unspecified atom stereocenters. The Kier molecular flexibility index (Phi) is 4.11. The van der Waals surface area contributed by atoms with Gasteiger partial charge in [0.15, 0.2) is 5.78 Å². The molecule has 0 aromatic heterocycles. The van der Waals surface area contributed by atoms with Crippen LogP contribution in [0, 0.1) is 11.7 Å². The predicted molar refractivity (Wildman–Crippen MR) is 71.8 cm³/mol. The number of hydrogen-bond acceptors (Lipinski definition) is 1. The largest absolute Gasteiger partial charge is 0.416 e.